The lowest BCUT2D eigenvalue weighted by Gasteiger charge is -2.13. The van der Waals surface area contributed by atoms with Gasteiger partial charge in [-0.15, -0.1) is 0 Å². The van der Waals surface area contributed by atoms with Gasteiger partial charge in [0.05, 0.1) is 11.4 Å². The number of amides is 1. The first-order valence-electron chi connectivity index (χ1n) is 10.5. The van der Waals surface area contributed by atoms with E-state index in [1.54, 1.807) is 18.0 Å². The number of hydrogen-bond donors (Lipinski definition) is 0. The second-order valence-electron chi connectivity index (χ2n) is 7.56. The number of rotatable bonds is 4. The molecule has 1 aliphatic rings. The minimum Gasteiger partial charge on any atom is -0.457 e. The second kappa shape index (κ2) is 8.52. The van der Waals surface area contributed by atoms with E-state index in [2.05, 4.69) is 21.8 Å². The summed E-state index contributed by atoms with van der Waals surface area (Å²) in [4.78, 5) is 22.6. The molecule has 7 heteroatoms. The summed E-state index contributed by atoms with van der Waals surface area (Å²) in [5.74, 6) is 6.70. The molecule has 1 aliphatic heterocycles. The molecule has 1 fully saturated rings. The Hall–Kier alpha value is -4.18. The molecule has 0 aliphatic carbocycles. The van der Waals surface area contributed by atoms with Crippen LogP contribution >= 0.6 is 0 Å². The van der Waals surface area contributed by atoms with Gasteiger partial charge in [0, 0.05) is 24.8 Å². The van der Waals surface area contributed by atoms with Crippen molar-refractivity contribution in [2.24, 2.45) is 0 Å². The van der Waals surface area contributed by atoms with Crippen LogP contribution in [-0.2, 0) is 4.79 Å². The third-order valence-corrected chi connectivity index (χ3v) is 5.51. The van der Waals surface area contributed by atoms with Crippen LogP contribution in [0.3, 0.4) is 0 Å². The monoisotopic (exact) mass is 423 g/mol. The van der Waals surface area contributed by atoms with Crippen LogP contribution in [-0.4, -0.2) is 43.6 Å². The van der Waals surface area contributed by atoms with Crippen molar-refractivity contribution in [2.75, 3.05) is 13.1 Å². The van der Waals surface area contributed by atoms with Crippen LogP contribution < -0.4 is 4.74 Å². The Kier molecular flexibility index (Phi) is 5.26. The molecule has 0 bridgehead atoms. The molecule has 1 saturated heterocycles. The number of likely N-dealkylation sites (tertiary alicyclic amines) is 1. The van der Waals surface area contributed by atoms with Crippen LogP contribution in [0.2, 0.25) is 0 Å². The van der Waals surface area contributed by atoms with Crippen LogP contribution in [0.15, 0.2) is 67.1 Å². The summed E-state index contributed by atoms with van der Waals surface area (Å²) in [7, 11) is 0. The summed E-state index contributed by atoms with van der Waals surface area (Å²) < 4.78 is 7.82. The number of hydrogen-bond acceptors (Lipinski definition) is 5. The minimum absolute atomic E-state index is 0.0458. The molecule has 158 valence electrons. The maximum Gasteiger partial charge on any atom is 0.298 e. The van der Waals surface area contributed by atoms with Crippen molar-refractivity contribution in [3.63, 3.8) is 0 Å². The minimum atomic E-state index is -0.143. The summed E-state index contributed by atoms with van der Waals surface area (Å²) in [6.45, 7) is 2.90. The van der Waals surface area contributed by atoms with Crippen molar-refractivity contribution in [3.8, 4) is 34.6 Å². The van der Waals surface area contributed by atoms with Crippen molar-refractivity contribution in [2.45, 2.75) is 19.4 Å². The number of carbonyl (C=O) groups excluding carboxylic acids is 1. The fourth-order valence-electron chi connectivity index (χ4n) is 3.97. The molecule has 3 heterocycles. The molecule has 0 saturated carbocycles. The average Bonchev–Trinajstić information content (AvgIpc) is 3.46. The van der Waals surface area contributed by atoms with Gasteiger partial charge in [0.2, 0.25) is 0 Å². The lowest BCUT2D eigenvalue weighted by Crippen LogP contribution is -2.28. The van der Waals surface area contributed by atoms with Gasteiger partial charge in [-0.3, -0.25) is 4.79 Å². The molecule has 0 radical (unpaired) electrons. The van der Waals surface area contributed by atoms with Gasteiger partial charge in [0.25, 0.3) is 5.91 Å². The SMILES string of the molecule is CC#CC(=O)N1CC[C@H](n2nc(-c3ccc(Oc4ccccc4)cc3)c3cncnc32)C1. The maximum atomic E-state index is 12.2. The number of benzene rings is 2. The van der Waals surface area contributed by atoms with E-state index in [4.69, 9.17) is 9.84 Å². The van der Waals surface area contributed by atoms with Gasteiger partial charge in [-0.1, -0.05) is 24.1 Å². The van der Waals surface area contributed by atoms with E-state index in [9.17, 15) is 4.79 Å². The lowest BCUT2D eigenvalue weighted by atomic mass is 10.1. The normalized spacial score (nSPS) is 15.4. The number of fused-ring (bicyclic) bond motifs is 1. The summed E-state index contributed by atoms with van der Waals surface area (Å²) in [5, 5.41) is 5.77. The van der Waals surface area contributed by atoms with Gasteiger partial charge in [-0.25, -0.2) is 14.6 Å². The number of nitrogens with zero attached hydrogens (tertiary/aromatic N) is 5. The van der Waals surface area contributed by atoms with Crippen molar-refractivity contribution < 1.29 is 9.53 Å². The van der Waals surface area contributed by atoms with Gasteiger partial charge in [-0.05, 0) is 55.7 Å². The largest absolute Gasteiger partial charge is 0.457 e. The smallest absolute Gasteiger partial charge is 0.298 e. The molecular weight excluding hydrogens is 402 g/mol. The first-order chi connectivity index (χ1) is 15.7. The first kappa shape index (κ1) is 19.8. The summed E-state index contributed by atoms with van der Waals surface area (Å²) in [5.41, 5.74) is 2.53. The Bertz CT molecular complexity index is 1320. The van der Waals surface area contributed by atoms with Crippen LogP contribution in [0.5, 0.6) is 11.5 Å². The Balaban J connectivity index is 1.44. The molecule has 0 N–H and O–H groups in total. The predicted molar refractivity (Wildman–Crippen MR) is 121 cm³/mol. The molecule has 1 amide bonds. The third kappa shape index (κ3) is 3.79. The van der Waals surface area contributed by atoms with Gasteiger partial charge in [0.15, 0.2) is 5.65 Å². The fraction of sp³-hybridized carbons (Fsp3) is 0.200. The second-order valence-corrected chi connectivity index (χ2v) is 7.56. The number of ether oxygens (including phenoxy) is 1. The molecule has 4 aromatic rings. The topological polar surface area (TPSA) is 73.1 Å². The van der Waals surface area contributed by atoms with Crippen LogP contribution in [0.25, 0.3) is 22.3 Å². The Labute approximate surface area is 185 Å². The molecule has 0 unspecified atom stereocenters. The maximum absolute atomic E-state index is 12.2. The van der Waals surface area contributed by atoms with Gasteiger partial charge >= 0.3 is 0 Å². The number of para-hydroxylation sites is 1. The molecule has 7 nitrogen and oxygen atoms in total. The Morgan fingerprint density at radius 3 is 2.66 bits per heavy atom. The predicted octanol–water partition coefficient (Wildman–Crippen LogP) is 4.08. The van der Waals surface area contributed by atoms with Crippen molar-refractivity contribution in [1.29, 1.82) is 0 Å². The average molecular weight is 423 g/mol. The van der Waals surface area contributed by atoms with E-state index < -0.39 is 0 Å². The van der Waals surface area contributed by atoms with E-state index in [-0.39, 0.29) is 11.9 Å². The zero-order valence-corrected chi connectivity index (χ0v) is 17.6. The number of carbonyl (C=O) groups is 1. The molecule has 32 heavy (non-hydrogen) atoms. The summed E-state index contributed by atoms with van der Waals surface area (Å²) >= 11 is 0. The third-order valence-electron chi connectivity index (χ3n) is 5.51. The summed E-state index contributed by atoms with van der Waals surface area (Å²) in [6.07, 6.45) is 4.12. The van der Waals surface area contributed by atoms with E-state index in [1.807, 2.05) is 59.3 Å². The molecule has 2 aromatic heterocycles. The highest BCUT2D eigenvalue weighted by molar-refractivity contribution is 5.94. The van der Waals surface area contributed by atoms with E-state index in [0.717, 1.165) is 40.2 Å². The van der Waals surface area contributed by atoms with Crippen LogP contribution in [0.4, 0.5) is 0 Å². The fourth-order valence-corrected chi connectivity index (χ4v) is 3.97. The Morgan fingerprint density at radius 1 is 1.09 bits per heavy atom. The Morgan fingerprint density at radius 2 is 1.88 bits per heavy atom. The zero-order chi connectivity index (χ0) is 21.9. The van der Waals surface area contributed by atoms with Gasteiger partial charge in [0.1, 0.15) is 23.5 Å². The van der Waals surface area contributed by atoms with Crippen LogP contribution in [0.1, 0.15) is 19.4 Å². The van der Waals surface area contributed by atoms with Crippen molar-refractivity contribution >= 4 is 16.9 Å². The number of aromatic nitrogens is 4. The van der Waals surface area contributed by atoms with Crippen LogP contribution in [0, 0.1) is 11.8 Å². The van der Waals surface area contributed by atoms with E-state index >= 15 is 0 Å². The molecule has 0 spiro atoms. The molecule has 1 atom stereocenters. The van der Waals surface area contributed by atoms with Crippen molar-refractivity contribution in [1.82, 2.24) is 24.6 Å². The highest BCUT2D eigenvalue weighted by Gasteiger charge is 2.29. The summed E-state index contributed by atoms with van der Waals surface area (Å²) in [6, 6.07) is 17.5. The highest BCUT2D eigenvalue weighted by Crippen LogP contribution is 2.32. The highest BCUT2D eigenvalue weighted by atomic mass is 16.5. The first-order valence-corrected chi connectivity index (χ1v) is 10.5. The standard InChI is InChI=1S/C25H21N5O2/c1-2-6-23(31)29-14-13-19(16-29)30-25-22(15-26-17-27-25)24(28-30)18-9-11-21(12-10-18)32-20-7-4-3-5-8-20/h3-5,7-12,15,17,19H,13-14,16H2,1H3/t19-/m0/s1. The molecule has 2 aromatic carbocycles. The molecule has 5 rings (SSSR count). The quantitative estimate of drug-likeness (QED) is 0.463. The van der Waals surface area contributed by atoms with Gasteiger partial charge < -0.3 is 9.64 Å². The zero-order valence-electron chi connectivity index (χ0n) is 17.6. The van der Waals surface area contributed by atoms with Crippen molar-refractivity contribution in [3.05, 3.63) is 67.1 Å². The lowest BCUT2D eigenvalue weighted by molar-refractivity contribution is -0.124. The van der Waals surface area contributed by atoms with E-state index in [1.165, 1.54) is 6.33 Å². The van der Waals surface area contributed by atoms with Gasteiger partial charge in [-0.2, -0.15) is 5.10 Å². The van der Waals surface area contributed by atoms with E-state index in [0.29, 0.717) is 13.1 Å². The molecular formula is C25H21N5O2.